The van der Waals surface area contributed by atoms with Gasteiger partial charge in [0.05, 0.1) is 5.69 Å². The van der Waals surface area contributed by atoms with Crippen molar-refractivity contribution in [3.8, 4) is 0 Å². The lowest BCUT2D eigenvalue weighted by Gasteiger charge is -2.36. The molecule has 0 aromatic carbocycles. The number of carbonyl (C=O) groups is 1. The second kappa shape index (κ2) is 8.25. The van der Waals surface area contributed by atoms with Crippen LogP contribution in [0.15, 0.2) is 35.1 Å². The van der Waals surface area contributed by atoms with E-state index in [1.165, 1.54) is 5.56 Å². The standard InChI is InChI=1S/C19H26N4O2/c1-14-13-18(22-25-14)3-4-19(24)21-17-7-11-23(12-8-17)15(2)16-5-9-20-10-6-16/h5-6,9-10,13,15,17H,3-4,7-8,11-12H2,1-2H3,(H,21,24). The van der Waals surface area contributed by atoms with E-state index in [2.05, 4.69) is 39.4 Å². The van der Waals surface area contributed by atoms with Crippen molar-refractivity contribution in [3.05, 3.63) is 47.6 Å². The topological polar surface area (TPSA) is 71.3 Å². The van der Waals surface area contributed by atoms with Gasteiger partial charge in [-0.2, -0.15) is 0 Å². The van der Waals surface area contributed by atoms with Gasteiger partial charge >= 0.3 is 0 Å². The molecule has 0 spiro atoms. The van der Waals surface area contributed by atoms with Crippen LogP contribution in [0.3, 0.4) is 0 Å². The molecule has 25 heavy (non-hydrogen) atoms. The van der Waals surface area contributed by atoms with E-state index in [-0.39, 0.29) is 11.9 Å². The van der Waals surface area contributed by atoms with Gasteiger partial charge in [0.25, 0.3) is 0 Å². The predicted molar refractivity (Wildman–Crippen MR) is 95.0 cm³/mol. The first-order valence-electron chi connectivity index (χ1n) is 8.97. The average molecular weight is 342 g/mol. The number of pyridine rings is 1. The van der Waals surface area contributed by atoms with Gasteiger partial charge in [0.2, 0.25) is 5.91 Å². The molecule has 1 fully saturated rings. The van der Waals surface area contributed by atoms with Gasteiger partial charge in [0, 0.05) is 56.5 Å². The van der Waals surface area contributed by atoms with E-state index in [0.717, 1.165) is 37.4 Å². The predicted octanol–water partition coefficient (Wildman–Crippen LogP) is 2.65. The average Bonchev–Trinajstić information content (AvgIpc) is 3.06. The smallest absolute Gasteiger partial charge is 0.220 e. The molecule has 1 aliphatic heterocycles. The third kappa shape index (κ3) is 4.89. The summed E-state index contributed by atoms with van der Waals surface area (Å²) in [6.45, 7) is 6.08. The van der Waals surface area contributed by atoms with Gasteiger partial charge in [-0.1, -0.05) is 5.16 Å². The maximum absolute atomic E-state index is 12.1. The molecule has 6 nitrogen and oxygen atoms in total. The van der Waals surface area contributed by atoms with E-state index in [0.29, 0.717) is 18.9 Å². The molecule has 1 amide bonds. The van der Waals surface area contributed by atoms with E-state index < -0.39 is 0 Å². The summed E-state index contributed by atoms with van der Waals surface area (Å²) in [7, 11) is 0. The summed E-state index contributed by atoms with van der Waals surface area (Å²) in [5.41, 5.74) is 2.13. The maximum Gasteiger partial charge on any atom is 0.220 e. The fourth-order valence-electron chi connectivity index (χ4n) is 3.36. The summed E-state index contributed by atoms with van der Waals surface area (Å²) >= 11 is 0. The van der Waals surface area contributed by atoms with Crippen molar-refractivity contribution in [1.82, 2.24) is 20.4 Å². The van der Waals surface area contributed by atoms with Gasteiger partial charge in [-0.15, -0.1) is 0 Å². The number of hydrogen-bond donors (Lipinski definition) is 1. The van der Waals surface area contributed by atoms with Crippen molar-refractivity contribution in [3.63, 3.8) is 0 Å². The van der Waals surface area contributed by atoms with E-state index >= 15 is 0 Å². The number of aryl methyl sites for hydroxylation is 2. The quantitative estimate of drug-likeness (QED) is 0.874. The Bertz CT molecular complexity index is 678. The van der Waals surface area contributed by atoms with Crippen LogP contribution in [0.1, 0.15) is 49.2 Å². The lowest BCUT2D eigenvalue weighted by atomic mass is 10.0. The molecule has 3 heterocycles. The number of nitrogens with one attached hydrogen (secondary N) is 1. The minimum absolute atomic E-state index is 0.0984. The Morgan fingerprint density at radius 2 is 2.08 bits per heavy atom. The number of nitrogens with zero attached hydrogens (tertiary/aromatic N) is 3. The van der Waals surface area contributed by atoms with E-state index in [9.17, 15) is 4.79 Å². The Hall–Kier alpha value is -2.21. The van der Waals surface area contributed by atoms with Crippen molar-refractivity contribution in [2.24, 2.45) is 0 Å². The highest BCUT2D eigenvalue weighted by atomic mass is 16.5. The van der Waals surface area contributed by atoms with Crippen LogP contribution in [-0.2, 0) is 11.2 Å². The second-order valence-electron chi connectivity index (χ2n) is 6.76. The van der Waals surface area contributed by atoms with Crippen molar-refractivity contribution in [2.75, 3.05) is 13.1 Å². The molecule has 2 aromatic heterocycles. The Kier molecular flexibility index (Phi) is 5.81. The molecular formula is C19H26N4O2. The highest BCUT2D eigenvalue weighted by molar-refractivity contribution is 5.76. The largest absolute Gasteiger partial charge is 0.361 e. The van der Waals surface area contributed by atoms with E-state index in [1.807, 2.05) is 25.4 Å². The maximum atomic E-state index is 12.1. The number of likely N-dealkylation sites (tertiary alicyclic amines) is 1. The Balaban J connectivity index is 1.40. The molecule has 1 aliphatic rings. The van der Waals surface area contributed by atoms with Crippen molar-refractivity contribution >= 4 is 5.91 Å². The molecule has 0 aliphatic carbocycles. The van der Waals surface area contributed by atoms with Crippen LogP contribution in [0.25, 0.3) is 0 Å². The summed E-state index contributed by atoms with van der Waals surface area (Å²) in [5, 5.41) is 7.09. The van der Waals surface area contributed by atoms with E-state index in [4.69, 9.17) is 4.52 Å². The third-order valence-corrected chi connectivity index (χ3v) is 4.92. The molecule has 0 saturated carbocycles. The van der Waals surface area contributed by atoms with Gasteiger partial charge in [-0.25, -0.2) is 0 Å². The molecule has 3 rings (SSSR count). The number of aromatic nitrogens is 2. The van der Waals surface area contributed by atoms with Crippen molar-refractivity contribution in [2.45, 2.75) is 51.6 Å². The number of amides is 1. The molecule has 1 atom stereocenters. The summed E-state index contributed by atoms with van der Waals surface area (Å²) in [4.78, 5) is 18.7. The van der Waals surface area contributed by atoms with Crippen LogP contribution in [0.2, 0.25) is 0 Å². The second-order valence-corrected chi connectivity index (χ2v) is 6.76. The van der Waals surface area contributed by atoms with Gasteiger partial charge in [0.15, 0.2) is 0 Å². The molecule has 134 valence electrons. The van der Waals surface area contributed by atoms with Crippen LogP contribution < -0.4 is 5.32 Å². The monoisotopic (exact) mass is 342 g/mol. The van der Waals surface area contributed by atoms with Crippen molar-refractivity contribution < 1.29 is 9.32 Å². The highest BCUT2D eigenvalue weighted by Gasteiger charge is 2.24. The van der Waals surface area contributed by atoms with Gasteiger partial charge in [-0.3, -0.25) is 14.7 Å². The van der Waals surface area contributed by atoms with Crippen LogP contribution in [0, 0.1) is 6.92 Å². The van der Waals surface area contributed by atoms with Gasteiger partial charge < -0.3 is 9.84 Å². The van der Waals surface area contributed by atoms with Crippen molar-refractivity contribution in [1.29, 1.82) is 0 Å². The van der Waals surface area contributed by atoms with Gasteiger partial charge in [-0.05, 0) is 44.4 Å². The zero-order valence-electron chi connectivity index (χ0n) is 14.9. The molecule has 2 aromatic rings. The summed E-state index contributed by atoms with van der Waals surface area (Å²) in [6, 6.07) is 6.68. The zero-order chi connectivity index (χ0) is 17.6. The molecular weight excluding hydrogens is 316 g/mol. The zero-order valence-corrected chi connectivity index (χ0v) is 14.9. The number of piperidine rings is 1. The fourth-order valence-corrected chi connectivity index (χ4v) is 3.36. The number of hydrogen-bond acceptors (Lipinski definition) is 5. The third-order valence-electron chi connectivity index (χ3n) is 4.92. The van der Waals surface area contributed by atoms with Crippen LogP contribution in [-0.4, -0.2) is 40.1 Å². The summed E-state index contributed by atoms with van der Waals surface area (Å²) in [6.07, 6.45) is 6.75. The molecule has 0 radical (unpaired) electrons. The first kappa shape index (κ1) is 17.6. The first-order chi connectivity index (χ1) is 12.1. The summed E-state index contributed by atoms with van der Waals surface area (Å²) in [5.74, 6) is 0.882. The van der Waals surface area contributed by atoms with E-state index in [1.54, 1.807) is 0 Å². The Morgan fingerprint density at radius 1 is 1.36 bits per heavy atom. The Morgan fingerprint density at radius 3 is 2.72 bits per heavy atom. The SMILES string of the molecule is Cc1cc(CCC(=O)NC2CCN(C(C)c3ccncc3)CC2)no1. The summed E-state index contributed by atoms with van der Waals surface area (Å²) < 4.78 is 5.03. The highest BCUT2D eigenvalue weighted by Crippen LogP contribution is 2.23. The van der Waals surface area contributed by atoms with Crippen LogP contribution in [0.5, 0.6) is 0 Å². The molecule has 1 saturated heterocycles. The number of rotatable bonds is 6. The molecule has 0 bridgehead atoms. The van der Waals surface area contributed by atoms with Crippen LogP contribution in [0.4, 0.5) is 0 Å². The minimum atomic E-state index is 0.0984. The molecule has 1 N–H and O–H groups in total. The minimum Gasteiger partial charge on any atom is -0.361 e. The Labute approximate surface area is 148 Å². The first-order valence-corrected chi connectivity index (χ1v) is 8.97. The van der Waals surface area contributed by atoms with Gasteiger partial charge in [0.1, 0.15) is 5.76 Å². The lowest BCUT2D eigenvalue weighted by molar-refractivity contribution is -0.122. The van der Waals surface area contributed by atoms with Crippen LogP contribution >= 0.6 is 0 Å². The normalized spacial score (nSPS) is 17.4. The molecule has 6 heteroatoms. The fraction of sp³-hybridized carbons (Fsp3) is 0.526. The number of carbonyl (C=O) groups excluding carboxylic acids is 1. The molecule has 1 unspecified atom stereocenters. The lowest BCUT2D eigenvalue weighted by Crippen LogP contribution is -2.45.